The fourth-order valence-electron chi connectivity index (χ4n) is 4.33. The Morgan fingerprint density at radius 1 is 0.912 bits per heavy atom. The predicted octanol–water partition coefficient (Wildman–Crippen LogP) is 2.74. The van der Waals surface area contributed by atoms with Crippen molar-refractivity contribution in [3.05, 3.63) is 95.0 Å². The van der Waals surface area contributed by atoms with Crippen LogP contribution in [-0.2, 0) is 0 Å². The van der Waals surface area contributed by atoms with Gasteiger partial charge in [-0.3, -0.25) is 4.79 Å². The maximum atomic E-state index is 12.5. The van der Waals surface area contributed by atoms with Gasteiger partial charge in [0.15, 0.2) is 5.78 Å². The van der Waals surface area contributed by atoms with Crippen LogP contribution in [0.1, 0.15) is 42.1 Å². The zero-order valence-corrected chi connectivity index (χ0v) is 21.0. The second-order valence-electron chi connectivity index (χ2n) is 8.79. The van der Waals surface area contributed by atoms with Gasteiger partial charge in [-0.05, 0) is 73.2 Å². The molecule has 178 valence electrons. The summed E-state index contributed by atoms with van der Waals surface area (Å²) in [6, 6.07) is 23.3. The van der Waals surface area contributed by atoms with E-state index in [9.17, 15) is 4.79 Å². The normalized spacial score (nSPS) is 15.0. The van der Waals surface area contributed by atoms with E-state index in [-0.39, 0.29) is 24.3 Å². The Morgan fingerprint density at radius 2 is 1.50 bits per heavy atom. The first-order chi connectivity index (χ1) is 16.1. The van der Waals surface area contributed by atoms with Crippen LogP contribution in [0, 0.1) is 0 Å². The number of rotatable bonds is 8. The Kier molecular flexibility index (Phi) is 9.76. The van der Waals surface area contributed by atoms with Crippen LogP contribution in [0.2, 0.25) is 5.02 Å². The number of carbonyl (C=O) groups is 1. The summed E-state index contributed by atoms with van der Waals surface area (Å²) >= 11 is 5.90. The number of carbonyl (C=O) groups excluding carboxylic acids is 1. The Labute approximate surface area is 213 Å². The van der Waals surface area contributed by atoms with Crippen molar-refractivity contribution in [1.29, 1.82) is 0 Å². The third kappa shape index (κ3) is 7.46. The molecule has 1 unspecified atom stereocenters. The molecule has 1 atom stereocenters. The van der Waals surface area contributed by atoms with Crippen molar-refractivity contribution in [2.45, 2.75) is 32.3 Å². The van der Waals surface area contributed by atoms with Crippen molar-refractivity contribution in [1.82, 2.24) is 0 Å². The van der Waals surface area contributed by atoms with Crippen molar-refractivity contribution in [3.63, 3.8) is 0 Å². The zero-order chi connectivity index (χ0) is 23.0. The topological polar surface area (TPSA) is 30.7 Å². The summed E-state index contributed by atoms with van der Waals surface area (Å²) in [5.41, 5.74) is 3.79. The lowest BCUT2D eigenvalue weighted by atomic mass is 10.0. The van der Waals surface area contributed by atoms with Gasteiger partial charge in [0.05, 0.1) is 13.1 Å². The SMILES string of the molecule is CC(C[NH+]1CCCCC1)Oc1ccc(-c2ccc(C(=O)/C=C/c3ccc(Cl)cc3)cc2)cc1.[Cl-]. The van der Waals surface area contributed by atoms with Gasteiger partial charge >= 0.3 is 0 Å². The molecule has 1 fully saturated rings. The molecule has 0 aromatic heterocycles. The second-order valence-corrected chi connectivity index (χ2v) is 9.23. The summed E-state index contributed by atoms with van der Waals surface area (Å²) in [6.45, 7) is 5.75. The number of nitrogens with one attached hydrogen (secondary N) is 1. The van der Waals surface area contributed by atoms with Crippen LogP contribution in [0.4, 0.5) is 0 Å². The van der Waals surface area contributed by atoms with Crippen LogP contribution < -0.4 is 22.0 Å². The first kappa shape index (κ1) is 26.0. The monoisotopic (exact) mass is 495 g/mol. The summed E-state index contributed by atoms with van der Waals surface area (Å²) in [4.78, 5) is 14.1. The number of likely N-dealkylation sites (tertiary alicyclic amines) is 1. The molecular formula is C29H31Cl2NO2. The maximum Gasteiger partial charge on any atom is 0.185 e. The molecule has 0 spiro atoms. The van der Waals surface area contributed by atoms with E-state index >= 15 is 0 Å². The zero-order valence-electron chi connectivity index (χ0n) is 19.5. The third-order valence-electron chi connectivity index (χ3n) is 6.13. The second kappa shape index (κ2) is 12.8. The van der Waals surface area contributed by atoms with Crippen LogP contribution in [0.5, 0.6) is 5.75 Å². The minimum atomic E-state index is -0.0231. The minimum absolute atomic E-state index is 0. The van der Waals surface area contributed by atoms with Crippen LogP contribution in [-0.4, -0.2) is 31.5 Å². The number of halogens is 2. The smallest absolute Gasteiger partial charge is 0.185 e. The van der Waals surface area contributed by atoms with Gasteiger partial charge in [0.25, 0.3) is 0 Å². The van der Waals surface area contributed by atoms with Crippen LogP contribution in [0.3, 0.4) is 0 Å². The highest BCUT2D eigenvalue weighted by atomic mass is 35.5. The van der Waals surface area contributed by atoms with Gasteiger partial charge in [0, 0.05) is 10.6 Å². The molecule has 5 heteroatoms. The molecule has 0 saturated carbocycles. The number of piperidine rings is 1. The van der Waals surface area contributed by atoms with Gasteiger partial charge in [0.2, 0.25) is 0 Å². The van der Waals surface area contributed by atoms with E-state index in [0.29, 0.717) is 10.6 Å². The molecule has 1 aliphatic rings. The lowest BCUT2D eigenvalue weighted by molar-refractivity contribution is -0.907. The van der Waals surface area contributed by atoms with Gasteiger partial charge < -0.3 is 22.0 Å². The molecule has 34 heavy (non-hydrogen) atoms. The summed E-state index contributed by atoms with van der Waals surface area (Å²) in [6.07, 6.45) is 7.64. The average Bonchev–Trinajstić information content (AvgIpc) is 2.85. The molecule has 0 aliphatic carbocycles. The number of allylic oxidation sites excluding steroid dienone is 1. The quantitative estimate of drug-likeness (QED) is 0.384. The van der Waals surface area contributed by atoms with Crippen molar-refractivity contribution in [2.75, 3.05) is 19.6 Å². The first-order valence-corrected chi connectivity index (χ1v) is 12.1. The molecule has 1 N–H and O–H groups in total. The molecule has 0 bridgehead atoms. The highest BCUT2D eigenvalue weighted by Crippen LogP contribution is 2.23. The van der Waals surface area contributed by atoms with Gasteiger partial charge in [-0.2, -0.15) is 0 Å². The van der Waals surface area contributed by atoms with E-state index in [2.05, 4.69) is 19.1 Å². The predicted molar refractivity (Wildman–Crippen MR) is 136 cm³/mol. The van der Waals surface area contributed by atoms with E-state index in [4.69, 9.17) is 16.3 Å². The average molecular weight is 496 g/mol. The van der Waals surface area contributed by atoms with Crippen LogP contribution in [0.25, 0.3) is 17.2 Å². The Morgan fingerprint density at radius 3 is 2.12 bits per heavy atom. The molecule has 0 radical (unpaired) electrons. The minimum Gasteiger partial charge on any atom is -1.00 e. The Bertz CT molecular complexity index is 1070. The molecule has 0 amide bonds. The lowest BCUT2D eigenvalue weighted by Gasteiger charge is -2.26. The van der Waals surface area contributed by atoms with Crippen molar-refractivity contribution >= 4 is 23.5 Å². The van der Waals surface area contributed by atoms with Gasteiger partial charge in [-0.15, -0.1) is 0 Å². The summed E-state index contributed by atoms with van der Waals surface area (Å²) in [5.74, 6) is 0.881. The molecule has 4 rings (SSSR count). The van der Waals surface area contributed by atoms with Gasteiger partial charge in [-0.25, -0.2) is 0 Å². The Balaban J connectivity index is 0.00000324. The van der Waals surface area contributed by atoms with E-state index < -0.39 is 0 Å². The Hall–Kier alpha value is -2.59. The third-order valence-corrected chi connectivity index (χ3v) is 6.38. The lowest BCUT2D eigenvalue weighted by Crippen LogP contribution is -3.13. The summed E-state index contributed by atoms with van der Waals surface area (Å²) in [7, 11) is 0. The fourth-order valence-corrected chi connectivity index (χ4v) is 4.46. The standard InChI is InChI=1S/C29H30ClNO2.ClH/c1-22(21-31-19-3-2-4-20-31)33-28-16-12-25(13-17-28)24-8-10-26(11-9-24)29(32)18-7-23-5-14-27(30)15-6-23;/h5-18,22H,2-4,19-21H2,1H3;1H/b18-7+;. The van der Waals surface area contributed by atoms with Crippen molar-refractivity contribution in [2.24, 2.45) is 0 Å². The summed E-state index contributed by atoms with van der Waals surface area (Å²) < 4.78 is 6.15. The molecule has 3 aromatic rings. The molecule has 1 aliphatic heterocycles. The van der Waals surface area contributed by atoms with Gasteiger partial charge in [-0.1, -0.05) is 66.2 Å². The van der Waals surface area contributed by atoms with Gasteiger partial charge in [0.1, 0.15) is 18.4 Å². The number of benzene rings is 3. The van der Waals surface area contributed by atoms with E-state index in [1.807, 2.05) is 60.7 Å². The van der Waals surface area contributed by atoms with Crippen molar-refractivity contribution < 1.29 is 26.8 Å². The molecule has 3 nitrogen and oxygen atoms in total. The van der Waals surface area contributed by atoms with E-state index in [1.165, 1.54) is 32.4 Å². The fraction of sp³-hybridized carbons (Fsp3) is 0.276. The molecule has 1 saturated heterocycles. The number of quaternary nitrogens is 1. The molecular weight excluding hydrogens is 465 g/mol. The number of ether oxygens (including phenoxy) is 1. The maximum absolute atomic E-state index is 12.5. The van der Waals surface area contributed by atoms with E-state index in [1.54, 1.807) is 17.1 Å². The number of ketones is 1. The highest BCUT2D eigenvalue weighted by molar-refractivity contribution is 6.30. The highest BCUT2D eigenvalue weighted by Gasteiger charge is 2.17. The molecule has 3 aromatic carbocycles. The number of hydrogen-bond acceptors (Lipinski definition) is 2. The largest absolute Gasteiger partial charge is 1.00 e. The number of hydrogen-bond donors (Lipinski definition) is 1. The van der Waals surface area contributed by atoms with E-state index in [0.717, 1.165) is 29.0 Å². The van der Waals surface area contributed by atoms with Crippen LogP contribution >= 0.6 is 11.6 Å². The summed E-state index contributed by atoms with van der Waals surface area (Å²) in [5, 5.41) is 0.682. The first-order valence-electron chi connectivity index (χ1n) is 11.8. The van der Waals surface area contributed by atoms with Crippen molar-refractivity contribution in [3.8, 4) is 16.9 Å². The van der Waals surface area contributed by atoms with Crippen LogP contribution in [0.15, 0.2) is 78.9 Å². The molecule has 1 heterocycles.